The van der Waals surface area contributed by atoms with Gasteiger partial charge in [0.1, 0.15) is 0 Å². The van der Waals surface area contributed by atoms with E-state index in [0.717, 1.165) is 12.2 Å². The smallest absolute Gasteiger partial charge is 0.0931 e. The Hall–Kier alpha value is -1.87. The first kappa shape index (κ1) is 13.6. The first-order chi connectivity index (χ1) is 9.13. The molecule has 0 radical (unpaired) electrons. The Morgan fingerprint density at radius 1 is 1.21 bits per heavy atom. The lowest BCUT2D eigenvalue weighted by atomic mass is 10.1. The highest BCUT2D eigenvalue weighted by Crippen LogP contribution is 2.27. The molecular weight excluding hydrogens is 236 g/mol. The third kappa shape index (κ3) is 2.93. The lowest BCUT2D eigenvalue weighted by molar-refractivity contribution is 0.194. The second-order valence-corrected chi connectivity index (χ2v) is 4.65. The number of aryl methyl sites for hydroxylation is 1. The van der Waals surface area contributed by atoms with Crippen LogP contribution in [0.1, 0.15) is 31.2 Å². The van der Waals surface area contributed by atoms with Crippen LogP contribution in [0.15, 0.2) is 42.6 Å². The van der Waals surface area contributed by atoms with Gasteiger partial charge in [-0.1, -0.05) is 18.2 Å². The summed E-state index contributed by atoms with van der Waals surface area (Å²) in [5.74, 6) is 0. The summed E-state index contributed by atoms with van der Waals surface area (Å²) in [6, 6.07) is 12.2. The fraction of sp³-hybridized carbons (Fsp3) is 0.312. The van der Waals surface area contributed by atoms with Crippen molar-refractivity contribution in [2.75, 3.05) is 11.4 Å². The van der Waals surface area contributed by atoms with Crippen LogP contribution in [-0.4, -0.2) is 16.6 Å². The standard InChI is InChI=1S/C16H20N2O/c1-4-18(16-8-6-5-7-12(16)2)14-9-10-15(13(3)19)17-11-14/h5-11,13,19H,4H2,1-3H3/t13-/m1/s1. The number of hydrogen-bond donors (Lipinski definition) is 1. The van der Waals surface area contributed by atoms with E-state index in [1.165, 1.54) is 11.3 Å². The number of aliphatic hydroxyl groups excluding tert-OH is 1. The normalized spacial score (nSPS) is 12.2. The number of rotatable bonds is 4. The number of aliphatic hydroxyl groups is 1. The minimum absolute atomic E-state index is 0.525. The fourth-order valence-electron chi connectivity index (χ4n) is 2.16. The van der Waals surface area contributed by atoms with Gasteiger partial charge in [0.05, 0.1) is 23.7 Å². The van der Waals surface area contributed by atoms with Gasteiger partial charge in [0.25, 0.3) is 0 Å². The maximum absolute atomic E-state index is 9.50. The molecule has 1 aromatic carbocycles. The van der Waals surface area contributed by atoms with E-state index < -0.39 is 6.10 Å². The van der Waals surface area contributed by atoms with Gasteiger partial charge < -0.3 is 10.0 Å². The lowest BCUT2D eigenvalue weighted by Crippen LogP contribution is -2.17. The molecule has 2 aromatic rings. The van der Waals surface area contributed by atoms with Gasteiger partial charge in [0, 0.05) is 12.2 Å². The van der Waals surface area contributed by atoms with Gasteiger partial charge in [-0.25, -0.2) is 0 Å². The molecule has 0 aliphatic carbocycles. The fourth-order valence-corrected chi connectivity index (χ4v) is 2.16. The highest BCUT2D eigenvalue weighted by Gasteiger charge is 2.10. The van der Waals surface area contributed by atoms with Gasteiger partial charge >= 0.3 is 0 Å². The number of hydrogen-bond acceptors (Lipinski definition) is 3. The van der Waals surface area contributed by atoms with Crippen molar-refractivity contribution >= 4 is 11.4 Å². The van der Waals surface area contributed by atoms with E-state index in [-0.39, 0.29) is 0 Å². The van der Waals surface area contributed by atoms with Crippen molar-refractivity contribution in [3.05, 3.63) is 53.9 Å². The quantitative estimate of drug-likeness (QED) is 0.908. The van der Waals surface area contributed by atoms with E-state index in [1.807, 2.05) is 30.5 Å². The molecule has 3 nitrogen and oxygen atoms in total. The third-order valence-electron chi connectivity index (χ3n) is 3.23. The summed E-state index contributed by atoms with van der Waals surface area (Å²) >= 11 is 0. The summed E-state index contributed by atoms with van der Waals surface area (Å²) in [5, 5.41) is 9.50. The second-order valence-electron chi connectivity index (χ2n) is 4.65. The van der Waals surface area contributed by atoms with Crippen molar-refractivity contribution in [3.8, 4) is 0 Å². The molecule has 0 aliphatic rings. The number of para-hydroxylation sites is 1. The minimum atomic E-state index is -0.525. The van der Waals surface area contributed by atoms with Gasteiger partial charge in [-0.3, -0.25) is 4.98 Å². The predicted octanol–water partition coefficient (Wildman–Crippen LogP) is 3.60. The molecule has 0 aliphatic heterocycles. The van der Waals surface area contributed by atoms with Crippen molar-refractivity contribution in [2.24, 2.45) is 0 Å². The average molecular weight is 256 g/mol. The number of nitrogens with zero attached hydrogens (tertiary/aromatic N) is 2. The first-order valence-corrected chi connectivity index (χ1v) is 6.60. The van der Waals surface area contributed by atoms with Gasteiger partial charge in [-0.05, 0) is 44.5 Å². The Morgan fingerprint density at radius 3 is 2.47 bits per heavy atom. The molecule has 3 heteroatoms. The summed E-state index contributed by atoms with van der Waals surface area (Å²) in [7, 11) is 0. The molecule has 0 fully saturated rings. The molecule has 1 N–H and O–H groups in total. The minimum Gasteiger partial charge on any atom is -0.387 e. The van der Waals surface area contributed by atoms with Gasteiger partial charge in [0.2, 0.25) is 0 Å². The molecule has 100 valence electrons. The molecule has 1 atom stereocenters. The molecule has 0 saturated heterocycles. The summed E-state index contributed by atoms with van der Waals surface area (Å²) in [4.78, 5) is 6.53. The van der Waals surface area contributed by atoms with Crippen LogP contribution in [0.25, 0.3) is 0 Å². The van der Waals surface area contributed by atoms with Crippen LogP contribution >= 0.6 is 0 Å². The molecule has 0 saturated carbocycles. The summed E-state index contributed by atoms with van der Waals surface area (Å²) in [6.07, 6.45) is 1.29. The van der Waals surface area contributed by atoms with Crippen molar-refractivity contribution in [3.63, 3.8) is 0 Å². The Morgan fingerprint density at radius 2 is 1.95 bits per heavy atom. The van der Waals surface area contributed by atoms with Gasteiger partial charge in [0.15, 0.2) is 0 Å². The van der Waals surface area contributed by atoms with Crippen LogP contribution in [0, 0.1) is 6.92 Å². The molecule has 1 aromatic heterocycles. The second kappa shape index (κ2) is 5.85. The predicted molar refractivity (Wildman–Crippen MR) is 78.7 cm³/mol. The van der Waals surface area contributed by atoms with E-state index in [0.29, 0.717) is 5.69 Å². The van der Waals surface area contributed by atoms with Gasteiger partial charge in [-0.15, -0.1) is 0 Å². The van der Waals surface area contributed by atoms with E-state index >= 15 is 0 Å². The van der Waals surface area contributed by atoms with Crippen LogP contribution in [0.2, 0.25) is 0 Å². The van der Waals surface area contributed by atoms with Crippen LogP contribution in [0.5, 0.6) is 0 Å². The van der Waals surface area contributed by atoms with Crippen molar-refractivity contribution in [1.82, 2.24) is 4.98 Å². The Labute approximate surface area is 114 Å². The topological polar surface area (TPSA) is 36.4 Å². The maximum atomic E-state index is 9.50. The zero-order valence-corrected chi connectivity index (χ0v) is 11.7. The first-order valence-electron chi connectivity index (χ1n) is 6.60. The Balaban J connectivity index is 2.35. The SMILES string of the molecule is CCN(c1ccc([C@@H](C)O)nc1)c1ccccc1C. The largest absolute Gasteiger partial charge is 0.387 e. The van der Waals surface area contributed by atoms with Crippen LogP contribution < -0.4 is 4.90 Å². The monoisotopic (exact) mass is 256 g/mol. The van der Waals surface area contributed by atoms with E-state index in [9.17, 15) is 5.11 Å². The summed E-state index contributed by atoms with van der Waals surface area (Å²) < 4.78 is 0. The molecule has 0 bridgehead atoms. The molecular formula is C16H20N2O. The Bertz CT molecular complexity index is 535. The zero-order chi connectivity index (χ0) is 13.8. The van der Waals surface area contributed by atoms with Crippen LogP contribution in [0.3, 0.4) is 0 Å². The van der Waals surface area contributed by atoms with Crippen molar-refractivity contribution in [1.29, 1.82) is 0 Å². The molecule has 0 spiro atoms. The zero-order valence-electron chi connectivity index (χ0n) is 11.7. The molecule has 0 amide bonds. The van der Waals surface area contributed by atoms with Crippen molar-refractivity contribution in [2.45, 2.75) is 26.9 Å². The third-order valence-corrected chi connectivity index (χ3v) is 3.23. The molecule has 19 heavy (non-hydrogen) atoms. The molecule has 2 rings (SSSR count). The summed E-state index contributed by atoms with van der Waals surface area (Å²) in [5.41, 5.74) is 4.17. The maximum Gasteiger partial charge on any atom is 0.0931 e. The van der Waals surface area contributed by atoms with Crippen LogP contribution in [0.4, 0.5) is 11.4 Å². The lowest BCUT2D eigenvalue weighted by Gasteiger charge is -2.25. The van der Waals surface area contributed by atoms with E-state index in [1.54, 1.807) is 6.92 Å². The average Bonchev–Trinajstić information content (AvgIpc) is 2.42. The number of anilines is 2. The Kier molecular flexibility index (Phi) is 4.17. The number of pyridine rings is 1. The van der Waals surface area contributed by atoms with Crippen LogP contribution in [-0.2, 0) is 0 Å². The van der Waals surface area contributed by atoms with E-state index in [4.69, 9.17) is 0 Å². The highest BCUT2D eigenvalue weighted by atomic mass is 16.3. The summed E-state index contributed by atoms with van der Waals surface area (Å²) in [6.45, 7) is 6.83. The van der Waals surface area contributed by atoms with Gasteiger partial charge in [-0.2, -0.15) is 0 Å². The molecule has 1 heterocycles. The number of aromatic nitrogens is 1. The van der Waals surface area contributed by atoms with E-state index in [2.05, 4.69) is 35.9 Å². The number of benzene rings is 1. The molecule has 0 unspecified atom stereocenters. The van der Waals surface area contributed by atoms with Crippen molar-refractivity contribution < 1.29 is 5.11 Å². The highest BCUT2D eigenvalue weighted by molar-refractivity contribution is 5.65.